The monoisotopic (exact) mass is 577 g/mol. The van der Waals surface area contributed by atoms with Gasteiger partial charge in [-0.3, -0.25) is 19.1 Å². The Balaban J connectivity index is 1.60. The van der Waals surface area contributed by atoms with Gasteiger partial charge in [-0.25, -0.2) is 4.79 Å². The van der Waals surface area contributed by atoms with Crippen LogP contribution in [0.3, 0.4) is 0 Å². The lowest BCUT2D eigenvalue weighted by atomic mass is 10.1. The summed E-state index contributed by atoms with van der Waals surface area (Å²) in [7, 11) is 0. The first-order chi connectivity index (χ1) is 20.5. The third-order valence-electron chi connectivity index (χ3n) is 6.38. The molecule has 1 aromatic heterocycles. The lowest BCUT2D eigenvalue weighted by molar-refractivity contribution is -0.148. The molecule has 1 aliphatic heterocycles. The normalized spacial score (nSPS) is 19.3. The van der Waals surface area contributed by atoms with Crippen molar-refractivity contribution in [2.24, 2.45) is 5.11 Å². The topological polar surface area (TPSA) is 139 Å². The molecule has 0 saturated carbocycles. The van der Waals surface area contributed by atoms with Crippen molar-refractivity contribution < 1.29 is 14.3 Å². The van der Waals surface area contributed by atoms with Crippen LogP contribution in [0, 0.1) is 6.92 Å². The third-order valence-corrected chi connectivity index (χ3v) is 6.38. The molecule has 2 rings (SSSR count). The first-order valence-corrected chi connectivity index (χ1v) is 14.5. The Kier molecular flexibility index (Phi) is 16.8. The van der Waals surface area contributed by atoms with E-state index in [0.29, 0.717) is 12.0 Å². The number of ether oxygens (including phenoxy) is 2. The van der Waals surface area contributed by atoms with E-state index in [1.165, 1.54) is 10.8 Å². The van der Waals surface area contributed by atoms with Gasteiger partial charge in [0, 0.05) is 29.5 Å². The number of esters is 1. The molecular formula is C32H43N5O5. The Morgan fingerprint density at radius 3 is 2.10 bits per heavy atom. The van der Waals surface area contributed by atoms with Crippen molar-refractivity contribution in [2.45, 2.75) is 90.0 Å². The Morgan fingerprint density at radius 2 is 1.55 bits per heavy atom. The van der Waals surface area contributed by atoms with Crippen LogP contribution in [0.2, 0.25) is 0 Å². The second kappa shape index (κ2) is 20.7. The fourth-order valence-electron chi connectivity index (χ4n) is 4.11. The van der Waals surface area contributed by atoms with Gasteiger partial charge in [-0.1, -0.05) is 85.0 Å². The average Bonchev–Trinajstić information content (AvgIpc) is 3.37. The number of carbonyl (C=O) groups is 1. The van der Waals surface area contributed by atoms with Gasteiger partial charge < -0.3 is 9.47 Å². The molecule has 42 heavy (non-hydrogen) atoms. The second-order valence-electron chi connectivity index (χ2n) is 9.75. The molecule has 0 spiro atoms. The van der Waals surface area contributed by atoms with Crippen LogP contribution in [0.25, 0.3) is 10.4 Å². The molecule has 2 heterocycles. The maximum Gasteiger partial charge on any atom is 0.330 e. The van der Waals surface area contributed by atoms with E-state index >= 15 is 0 Å². The summed E-state index contributed by atoms with van der Waals surface area (Å²) in [5.74, 6) is -0.390. The van der Waals surface area contributed by atoms with Gasteiger partial charge >= 0.3 is 11.7 Å². The summed E-state index contributed by atoms with van der Waals surface area (Å²) in [5.41, 5.74) is 8.15. The Bertz CT molecular complexity index is 1310. The van der Waals surface area contributed by atoms with E-state index in [1.807, 2.05) is 12.2 Å². The van der Waals surface area contributed by atoms with Gasteiger partial charge in [-0.15, -0.1) is 0 Å². The Labute approximate surface area is 247 Å². The third kappa shape index (κ3) is 13.5. The molecule has 1 aromatic rings. The molecule has 1 aliphatic rings. The summed E-state index contributed by atoms with van der Waals surface area (Å²) >= 11 is 0. The number of aromatic amines is 1. The maximum atomic E-state index is 12.2. The number of aromatic nitrogens is 2. The van der Waals surface area contributed by atoms with E-state index in [1.54, 1.807) is 6.92 Å². The minimum Gasteiger partial charge on any atom is -0.463 e. The molecule has 0 bridgehead atoms. The largest absolute Gasteiger partial charge is 0.463 e. The van der Waals surface area contributed by atoms with Crippen LogP contribution in [0.15, 0.2) is 93.8 Å². The predicted molar refractivity (Wildman–Crippen MR) is 166 cm³/mol. The molecule has 3 atom stereocenters. The highest BCUT2D eigenvalue weighted by molar-refractivity contribution is 5.69. The first kappa shape index (κ1) is 34.1. The van der Waals surface area contributed by atoms with Crippen molar-refractivity contribution in [1.82, 2.24) is 9.55 Å². The summed E-state index contributed by atoms with van der Waals surface area (Å²) in [6.07, 6.45) is 32.1. The van der Waals surface area contributed by atoms with Gasteiger partial charge in [0.25, 0.3) is 5.56 Å². The number of rotatable bonds is 18. The summed E-state index contributed by atoms with van der Waals surface area (Å²) in [6, 6.07) is -0.615. The predicted octanol–water partition coefficient (Wildman–Crippen LogP) is 6.83. The maximum absolute atomic E-state index is 12.2. The van der Waals surface area contributed by atoms with Crippen molar-refractivity contribution in [1.29, 1.82) is 0 Å². The fourth-order valence-corrected chi connectivity index (χ4v) is 4.11. The number of hydrogen-bond acceptors (Lipinski definition) is 6. The van der Waals surface area contributed by atoms with Crippen molar-refractivity contribution in [3.05, 3.63) is 116 Å². The summed E-state index contributed by atoms with van der Waals surface area (Å²) < 4.78 is 12.4. The van der Waals surface area contributed by atoms with E-state index in [0.717, 1.165) is 38.5 Å². The van der Waals surface area contributed by atoms with Gasteiger partial charge in [0.1, 0.15) is 18.9 Å². The van der Waals surface area contributed by atoms with E-state index in [-0.39, 0.29) is 19.4 Å². The SMILES string of the molecule is CC/C=C\C/C=C\C/C=C\C/C=C\C/C=C\C/C=C\CCC(=O)OCC1OC(n2cc(C)c(=O)[nH]c2=O)C[C@@H]1N=[N+]=[N-]. The lowest BCUT2D eigenvalue weighted by Crippen LogP contribution is -2.33. The molecule has 0 aliphatic carbocycles. The summed E-state index contributed by atoms with van der Waals surface area (Å²) in [5, 5.41) is 3.73. The minimum absolute atomic E-state index is 0.0974. The molecule has 0 radical (unpaired) electrons. The van der Waals surface area contributed by atoms with Crippen LogP contribution in [0.5, 0.6) is 0 Å². The molecule has 1 N–H and O–H groups in total. The first-order valence-electron chi connectivity index (χ1n) is 14.5. The van der Waals surface area contributed by atoms with E-state index in [2.05, 4.69) is 82.7 Å². The Morgan fingerprint density at radius 1 is 1.00 bits per heavy atom. The Hall–Kier alpha value is -4.14. The average molecular weight is 578 g/mol. The standard InChI is InChI=1S/C32H43N5O5/c1-3-4-5-6-7-8-9-10-11-12-13-14-15-16-17-18-19-20-21-22-30(38)41-25-28-27(35-36-33)23-29(42-28)37-24-26(2)31(39)34-32(37)40/h4-5,7-8,10-11,13-14,16-17,19-20,24,27-29H,3,6,9,12,15,18,21-23,25H2,1-2H3,(H,34,39,40)/b5-4-,8-7-,11-10-,14-13-,17-16-,20-19-/t27-,28?,29?/m0/s1. The highest BCUT2D eigenvalue weighted by Gasteiger charge is 2.37. The molecule has 2 unspecified atom stereocenters. The van der Waals surface area contributed by atoms with Crippen LogP contribution in [-0.2, 0) is 14.3 Å². The van der Waals surface area contributed by atoms with E-state index in [4.69, 9.17) is 15.0 Å². The van der Waals surface area contributed by atoms with Crippen molar-refractivity contribution >= 4 is 5.97 Å². The molecule has 1 fully saturated rings. The quantitative estimate of drug-likeness (QED) is 0.0669. The molecule has 0 aromatic carbocycles. The molecular weight excluding hydrogens is 534 g/mol. The smallest absolute Gasteiger partial charge is 0.330 e. The number of azide groups is 1. The molecule has 10 nitrogen and oxygen atoms in total. The van der Waals surface area contributed by atoms with Crippen LogP contribution in [0.4, 0.5) is 0 Å². The number of aryl methyl sites for hydroxylation is 1. The number of carbonyl (C=O) groups excluding carboxylic acids is 1. The second-order valence-corrected chi connectivity index (χ2v) is 9.75. The van der Waals surface area contributed by atoms with Gasteiger partial charge in [-0.05, 0) is 57.4 Å². The van der Waals surface area contributed by atoms with E-state index < -0.39 is 35.6 Å². The van der Waals surface area contributed by atoms with Crippen molar-refractivity contribution in [2.75, 3.05) is 6.61 Å². The van der Waals surface area contributed by atoms with Gasteiger partial charge in [-0.2, -0.15) is 0 Å². The van der Waals surface area contributed by atoms with E-state index in [9.17, 15) is 14.4 Å². The van der Waals surface area contributed by atoms with Crippen LogP contribution in [-0.4, -0.2) is 34.3 Å². The van der Waals surface area contributed by atoms with Gasteiger partial charge in [0.15, 0.2) is 0 Å². The molecule has 226 valence electrons. The van der Waals surface area contributed by atoms with Gasteiger partial charge in [0.2, 0.25) is 0 Å². The zero-order chi connectivity index (χ0) is 30.4. The number of nitrogens with one attached hydrogen (secondary N) is 1. The minimum atomic E-state index is -0.744. The van der Waals surface area contributed by atoms with Crippen molar-refractivity contribution in [3.8, 4) is 0 Å². The number of H-pyrrole nitrogens is 1. The summed E-state index contributed by atoms with van der Waals surface area (Å²) in [6.45, 7) is 3.61. The van der Waals surface area contributed by atoms with Crippen molar-refractivity contribution in [3.63, 3.8) is 0 Å². The number of nitrogens with zero attached hydrogens (tertiary/aromatic N) is 4. The fraction of sp³-hybridized carbons (Fsp3) is 0.469. The van der Waals surface area contributed by atoms with Crippen LogP contribution < -0.4 is 11.2 Å². The van der Waals surface area contributed by atoms with Crippen LogP contribution >= 0.6 is 0 Å². The highest BCUT2D eigenvalue weighted by atomic mass is 16.6. The lowest BCUT2D eigenvalue weighted by Gasteiger charge is -2.16. The summed E-state index contributed by atoms with van der Waals surface area (Å²) in [4.78, 5) is 41.1. The zero-order valence-electron chi connectivity index (χ0n) is 24.6. The number of hydrogen-bond donors (Lipinski definition) is 1. The van der Waals surface area contributed by atoms with Gasteiger partial charge in [0.05, 0.1) is 6.04 Å². The molecule has 1 saturated heterocycles. The highest BCUT2D eigenvalue weighted by Crippen LogP contribution is 2.30. The number of allylic oxidation sites excluding steroid dienone is 12. The molecule has 0 amide bonds. The molecule has 10 heteroatoms. The van der Waals surface area contributed by atoms with Crippen LogP contribution in [0.1, 0.15) is 76.5 Å². The zero-order valence-corrected chi connectivity index (χ0v) is 24.6.